The van der Waals surface area contributed by atoms with Crippen LogP contribution in [0.15, 0.2) is 16.6 Å². The number of rotatable bonds is 2. The van der Waals surface area contributed by atoms with E-state index < -0.39 is 0 Å². The van der Waals surface area contributed by atoms with E-state index >= 15 is 0 Å². The van der Waals surface area contributed by atoms with Crippen LogP contribution in [-0.4, -0.2) is 30.1 Å². The van der Waals surface area contributed by atoms with Crippen LogP contribution in [0.1, 0.15) is 24.8 Å². The average Bonchev–Trinajstić information content (AvgIpc) is 2.90. The molecule has 0 amide bonds. The second-order valence-corrected chi connectivity index (χ2v) is 6.63. The molecule has 2 heterocycles. The topological polar surface area (TPSA) is 15.3 Å². The van der Waals surface area contributed by atoms with Gasteiger partial charge in [-0.2, -0.15) is 0 Å². The normalized spacial score (nSPS) is 27.5. The first-order chi connectivity index (χ1) is 8.65. The Morgan fingerprint density at radius 1 is 1.33 bits per heavy atom. The van der Waals surface area contributed by atoms with Gasteiger partial charge in [0, 0.05) is 28.1 Å². The molecule has 2 nitrogen and oxygen atoms in total. The van der Waals surface area contributed by atoms with Gasteiger partial charge >= 0.3 is 0 Å². The Morgan fingerprint density at radius 3 is 3.00 bits per heavy atom. The Morgan fingerprint density at radius 2 is 2.17 bits per heavy atom. The van der Waals surface area contributed by atoms with Gasteiger partial charge in [0.05, 0.1) is 5.69 Å². The smallest absolute Gasteiger partial charge is 0.0502 e. The van der Waals surface area contributed by atoms with E-state index in [0.717, 1.165) is 26.8 Å². The number of aryl methyl sites for hydroxylation is 1. The number of fused-ring (bicyclic) bond motifs is 1. The van der Waals surface area contributed by atoms with Gasteiger partial charge in [0.25, 0.3) is 0 Å². The van der Waals surface area contributed by atoms with E-state index in [0.29, 0.717) is 6.04 Å². The molecule has 1 N–H and O–H groups in total. The van der Waals surface area contributed by atoms with Crippen LogP contribution in [-0.2, 0) is 0 Å². The van der Waals surface area contributed by atoms with Crippen molar-refractivity contribution in [1.82, 2.24) is 4.90 Å². The van der Waals surface area contributed by atoms with Crippen molar-refractivity contribution in [1.29, 1.82) is 0 Å². The molecule has 3 rings (SSSR count). The predicted molar refractivity (Wildman–Crippen MR) is 80.5 cm³/mol. The molecule has 0 radical (unpaired) electrons. The molecular weight excluding hydrogens is 312 g/mol. The molecule has 98 valence electrons. The fourth-order valence-electron chi connectivity index (χ4n) is 3.21. The number of hydrogen-bond donors (Lipinski definition) is 1. The Bertz CT molecular complexity index is 463. The first-order valence-electron chi connectivity index (χ1n) is 6.61. The second kappa shape index (κ2) is 5.03. The van der Waals surface area contributed by atoms with Gasteiger partial charge in [0.1, 0.15) is 0 Å². The molecule has 2 fully saturated rings. The van der Waals surface area contributed by atoms with Crippen LogP contribution in [0, 0.1) is 6.92 Å². The lowest BCUT2D eigenvalue weighted by molar-refractivity contribution is 0.318. The maximum absolute atomic E-state index is 6.21. The highest BCUT2D eigenvalue weighted by Gasteiger charge is 2.37. The number of nitrogens with one attached hydrogen (secondary N) is 1. The van der Waals surface area contributed by atoms with E-state index in [1.807, 2.05) is 13.0 Å². The average molecular weight is 330 g/mol. The van der Waals surface area contributed by atoms with Crippen molar-refractivity contribution in [3.63, 3.8) is 0 Å². The molecule has 1 aromatic rings. The van der Waals surface area contributed by atoms with Crippen LogP contribution in [0.5, 0.6) is 0 Å². The molecule has 0 spiro atoms. The van der Waals surface area contributed by atoms with E-state index in [9.17, 15) is 0 Å². The fraction of sp³-hybridized carbons (Fsp3) is 0.571. The molecule has 2 aliphatic rings. The van der Waals surface area contributed by atoms with Crippen molar-refractivity contribution in [3.05, 3.63) is 27.2 Å². The lowest BCUT2D eigenvalue weighted by Crippen LogP contribution is -2.33. The third-order valence-electron chi connectivity index (χ3n) is 4.20. The van der Waals surface area contributed by atoms with E-state index in [1.54, 1.807) is 0 Å². The molecule has 1 aromatic carbocycles. The number of anilines is 1. The van der Waals surface area contributed by atoms with E-state index in [-0.39, 0.29) is 0 Å². The highest BCUT2D eigenvalue weighted by Crippen LogP contribution is 2.34. The van der Waals surface area contributed by atoms with E-state index in [4.69, 9.17) is 11.6 Å². The highest BCUT2D eigenvalue weighted by atomic mass is 79.9. The number of hydrogen-bond acceptors (Lipinski definition) is 2. The highest BCUT2D eigenvalue weighted by molar-refractivity contribution is 9.10. The summed E-state index contributed by atoms with van der Waals surface area (Å²) < 4.78 is 1.11. The second-order valence-electron chi connectivity index (χ2n) is 5.37. The van der Waals surface area contributed by atoms with Gasteiger partial charge in [-0.15, -0.1) is 0 Å². The number of halogens is 2. The first kappa shape index (κ1) is 12.8. The molecule has 0 saturated carbocycles. The molecule has 18 heavy (non-hydrogen) atoms. The standard InChI is InChI=1S/C14H18BrClN2/c1-9-7-10(15)13(8-11(9)16)17-12-4-6-18-5-2-3-14(12)18/h7-8,12,14,17H,2-6H2,1H3. The van der Waals surface area contributed by atoms with Gasteiger partial charge < -0.3 is 5.32 Å². The zero-order chi connectivity index (χ0) is 12.7. The molecule has 2 aliphatic heterocycles. The lowest BCUT2D eigenvalue weighted by Gasteiger charge is -2.23. The van der Waals surface area contributed by atoms with Gasteiger partial charge in [0.2, 0.25) is 0 Å². The molecular formula is C14H18BrClN2. The van der Waals surface area contributed by atoms with Crippen LogP contribution in [0.2, 0.25) is 5.02 Å². The summed E-state index contributed by atoms with van der Waals surface area (Å²) in [5.74, 6) is 0. The number of nitrogens with zero attached hydrogens (tertiary/aromatic N) is 1. The Balaban J connectivity index is 1.78. The molecule has 2 atom stereocenters. The Kier molecular flexibility index (Phi) is 3.57. The van der Waals surface area contributed by atoms with Gasteiger partial charge in [-0.1, -0.05) is 11.6 Å². The van der Waals surface area contributed by atoms with Crippen molar-refractivity contribution in [2.24, 2.45) is 0 Å². The molecule has 2 unspecified atom stereocenters. The van der Waals surface area contributed by atoms with Gasteiger partial charge in [0.15, 0.2) is 0 Å². The van der Waals surface area contributed by atoms with Crippen LogP contribution >= 0.6 is 27.5 Å². The summed E-state index contributed by atoms with van der Waals surface area (Å²) >= 11 is 9.84. The van der Waals surface area contributed by atoms with Crippen molar-refractivity contribution >= 4 is 33.2 Å². The van der Waals surface area contributed by atoms with E-state index in [2.05, 4.69) is 32.2 Å². The summed E-state index contributed by atoms with van der Waals surface area (Å²) in [5, 5.41) is 4.51. The zero-order valence-electron chi connectivity index (χ0n) is 10.5. The Hall–Kier alpha value is -0.250. The van der Waals surface area contributed by atoms with Crippen LogP contribution in [0.3, 0.4) is 0 Å². The molecule has 2 saturated heterocycles. The van der Waals surface area contributed by atoms with Gasteiger partial charge in [-0.3, -0.25) is 4.90 Å². The minimum Gasteiger partial charge on any atom is -0.380 e. The van der Waals surface area contributed by atoms with Crippen LogP contribution < -0.4 is 5.32 Å². The van der Waals surface area contributed by atoms with Crippen molar-refractivity contribution in [3.8, 4) is 0 Å². The maximum atomic E-state index is 6.21. The third-order valence-corrected chi connectivity index (χ3v) is 5.26. The summed E-state index contributed by atoms with van der Waals surface area (Å²) in [7, 11) is 0. The number of benzene rings is 1. The summed E-state index contributed by atoms with van der Waals surface area (Å²) in [6.45, 7) is 4.55. The van der Waals surface area contributed by atoms with Gasteiger partial charge in [-0.05, 0) is 66.4 Å². The molecule has 0 aromatic heterocycles. The monoisotopic (exact) mass is 328 g/mol. The largest absolute Gasteiger partial charge is 0.380 e. The Labute approximate surface area is 122 Å². The molecule has 4 heteroatoms. The fourth-order valence-corrected chi connectivity index (χ4v) is 3.94. The predicted octanol–water partition coefficient (Wildman–Crippen LogP) is 4.06. The van der Waals surface area contributed by atoms with Gasteiger partial charge in [-0.25, -0.2) is 0 Å². The minimum atomic E-state index is 0.572. The first-order valence-corrected chi connectivity index (χ1v) is 7.78. The lowest BCUT2D eigenvalue weighted by atomic mass is 10.1. The molecule has 0 aliphatic carbocycles. The van der Waals surface area contributed by atoms with Crippen LogP contribution in [0.4, 0.5) is 5.69 Å². The quantitative estimate of drug-likeness (QED) is 0.880. The SMILES string of the molecule is Cc1cc(Br)c(NC2CCN3CCCC23)cc1Cl. The van der Waals surface area contributed by atoms with Crippen molar-refractivity contribution in [2.45, 2.75) is 38.3 Å². The minimum absolute atomic E-state index is 0.572. The van der Waals surface area contributed by atoms with Crippen molar-refractivity contribution < 1.29 is 0 Å². The summed E-state index contributed by atoms with van der Waals surface area (Å²) in [6, 6.07) is 5.42. The van der Waals surface area contributed by atoms with E-state index in [1.165, 1.54) is 32.4 Å². The van der Waals surface area contributed by atoms with Crippen molar-refractivity contribution in [2.75, 3.05) is 18.4 Å². The maximum Gasteiger partial charge on any atom is 0.0502 e. The third kappa shape index (κ3) is 2.28. The van der Waals surface area contributed by atoms with Crippen LogP contribution in [0.25, 0.3) is 0 Å². The zero-order valence-corrected chi connectivity index (χ0v) is 12.9. The molecule has 0 bridgehead atoms. The summed E-state index contributed by atoms with van der Waals surface area (Å²) in [6.07, 6.45) is 3.91. The summed E-state index contributed by atoms with van der Waals surface area (Å²) in [4.78, 5) is 2.61. The summed E-state index contributed by atoms with van der Waals surface area (Å²) in [5.41, 5.74) is 2.24.